The Morgan fingerprint density at radius 2 is 1.94 bits per heavy atom. The normalized spacial score (nSPS) is 12.2. The van der Waals surface area contributed by atoms with Crippen LogP contribution in [0.25, 0.3) is 0 Å². The van der Waals surface area contributed by atoms with Gasteiger partial charge in [-0.2, -0.15) is 0 Å². The van der Waals surface area contributed by atoms with Crippen LogP contribution in [-0.2, 0) is 0 Å². The maximum absolute atomic E-state index is 13.3. The van der Waals surface area contributed by atoms with Crippen LogP contribution < -0.4 is 10.5 Å². The maximum atomic E-state index is 13.3. The fourth-order valence-electron chi connectivity index (χ4n) is 1.62. The molecule has 2 aromatic carbocycles. The van der Waals surface area contributed by atoms with E-state index < -0.39 is 5.82 Å². The fraction of sp³-hybridized carbons (Fsp3) is 0.143. The molecule has 2 aromatic rings. The van der Waals surface area contributed by atoms with Crippen LogP contribution in [0.5, 0.6) is 11.5 Å². The zero-order valence-electron chi connectivity index (χ0n) is 9.86. The molecule has 0 radical (unpaired) electrons. The van der Waals surface area contributed by atoms with Crippen LogP contribution in [0.3, 0.4) is 0 Å². The van der Waals surface area contributed by atoms with Crippen molar-refractivity contribution < 1.29 is 9.13 Å². The summed E-state index contributed by atoms with van der Waals surface area (Å²) in [6.07, 6.45) is 0. The summed E-state index contributed by atoms with van der Waals surface area (Å²) in [5.41, 5.74) is 6.72. The second kappa shape index (κ2) is 5.38. The summed E-state index contributed by atoms with van der Waals surface area (Å²) in [4.78, 5) is 0. The number of ether oxygens (including phenoxy) is 1. The quantitative estimate of drug-likeness (QED) is 0.898. The predicted octanol–water partition coefficient (Wildman–Crippen LogP) is 4.29. The van der Waals surface area contributed by atoms with Gasteiger partial charge in [-0.25, -0.2) is 4.39 Å². The minimum Gasteiger partial charge on any atom is -0.457 e. The second-order valence-corrected chi connectivity index (χ2v) is 4.41. The van der Waals surface area contributed by atoms with Crippen molar-refractivity contribution in [1.82, 2.24) is 0 Å². The molecule has 0 unspecified atom stereocenters. The molecule has 0 aliphatic heterocycles. The molecule has 0 aliphatic carbocycles. The number of nitrogens with two attached hydrogens (primary N) is 1. The van der Waals surface area contributed by atoms with Crippen molar-refractivity contribution in [3.05, 3.63) is 58.9 Å². The Hall–Kier alpha value is -1.58. The highest BCUT2D eigenvalue weighted by Gasteiger charge is 2.09. The first-order valence-corrected chi connectivity index (χ1v) is 5.93. The van der Waals surface area contributed by atoms with E-state index in [4.69, 9.17) is 22.1 Å². The van der Waals surface area contributed by atoms with Gasteiger partial charge in [0.15, 0.2) is 0 Å². The van der Waals surface area contributed by atoms with Gasteiger partial charge < -0.3 is 10.5 Å². The molecule has 0 saturated heterocycles. The Morgan fingerprint density at radius 1 is 1.22 bits per heavy atom. The molecule has 0 aromatic heterocycles. The molecule has 0 aliphatic rings. The zero-order valence-corrected chi connectivity index (χ0v) is 10.6. The summed E-state index contributed by atoms with van der Waals surface area (Å²) >= 11 is 5.61. The van der Waals surface area contributed by atoms with Crippen molar-refractivity contribution in [3.8, 4) is 11.5 Å². The molecule has 2 rings (SSSR count). The third kappa shape index (κ3) is 2.81. The van der Waals surface area contributed by atoms with E-state index in [1.54, 1.807) is 12.1 Å². The van der Waals surface area contributed by atoms with Gasteiger partial charge in [0.1, 0.15) is 17.3 Å². The number of benzene rings is 2. The van der Waals surface area contributed by atoms with Crippen LogP contribution in [0.4, 0.5) is 4.39 Å². The maximum Gasteiger partial charge on any atom is 0.145 e. The average Bonchev–Trinajstić information content (AvgIpc) is 2.34. The van der Waals surface area contributed by atoms with E-state index >= 15 is 0 Å². The number of para-hydroxylation sites is 1. The highest BCUT2D eigenvalue weighted by atomic mass is 35.5. The van der Waals surface area contributed by atoms with Crippen molar-refractivity contribution in [2.24, 2.45) is 5.73 Å². The summed E-state index contributed by atoms with van der Waals surface area (Å²) in [6, 6.07) is 11.6. The average molecular weight is 266 g/mol. The lowest BCUT2D eigenvalue weighted by molar-refractivity contribution is 0.467. The number of hydrogen-bond acceptors (Lipinski definition) is 2. The molecule has 18 heavy (non-hydrogen) atoms. The first kappa shape index (κ1) is 12.9. The van der Waals surface area contributed by atoms with Crippen molar-refractivity contribution in [3.63, 3.8) is 0 Å². The standard InChI is InChI=1S/C14H13ClFNO/c1-9(17)11-4-2-3-5-14(11)18-10-6-7-12(15)13(16)8-10/h2-9H,17H2,1H3/t9-/m1/s1. The molecule has 94 valence electrons. The van der Waals surface area contributed by atoms with E-state index in [1.807, 2.05) is 25.1 Å². The van der Waals surface area contributed by atoms with E-state index in [2.05, 4.69) is 0 Å². The van der Waals surface area contributed by atoms with E-state index in [-0.39, 0.29) is 11.1 Å². The minimum atomic E-state index is -0.507. The first-order valence-electron chi connectivity index (χ1n) is 5.55. The third-order valence-corrected chi connectivity index (χ3v) is 2.83. The van der Waals surface area contributed by atoms with Gasteiger partial charge in [0, 0.05) is 17.7 Å². The molecule has 1 atom stereocenters. The Balaban J connectivity index is 2.31. The summed E-state index contributed by atoms with van der Waals surface area (Å²) in [6.45, 7) is 1.87. The van der Waals surface area contributed by atoms with Crippen LogP contribution in [0.15, 0.2) is 42.5 Å². The molecular weight excluding hydrogens is 253 g/mol. The van der Waals surface area contributed by atoms with Crippen LogP contribution >= 0.6 is 11.6 Å². The van der Waals surface area contributed by atoms with Gasteiger partial charge in [-0.3, -0.25) is 0 Å². The van der Waals surface area contributed by atoms with Crippen molar-refractivity contribution in [1.29, 1.82) is 0 Å². The van der Waals surface area contributed by atoms with Crippen LogP contribution in [-0.4, -0.2) is 0 Å². The number of rotatable bonds is 3. The van der Waals surface area contributed by atoms with Crippen LogP contribution in [0, 0.1) is 5.82 Å². The molecule has 0 fully saturated rings. The Bertz CT molecular complexity index is 557. The molecule has 2 N–H and O–H groups in total. The lowest BCUT2D eigenvalue weighted by Crippen LogP contribution is -2.06. The largest absolute Gasteiger partial charge is 0.457 e. The summed E-state index contributed by atoms with van der Waals surface area (Å²) in [5, 5.41) is 0.0721. The van der Waals surface area contributed by atoms with Gasteiger partial charge in [-0.15, -0.1) is 0 Å². The smallest absolute Gasteiger partial charge is 0.145 e. The van der Waals surface area contributed by atoms with Crippen LogP contribution in [0.1, 0.15) is 18.5 Å². The van der Waals surface area contributed by atoms with Gasteiger partial charge in [-0.1, -0.05) is 29.8 Å². The first-order chi connectivity index (χ1) is 8.58. The Kier molecular flexibility index (Phi) is 3.84. The molecule has 0 bridgehead atoms. The fourth-order valence-corrected chi connectivity index (χ4v) is 1.73. The van der Waals surface area contributed by atoms with E-state index in [1.165, 1.54) is 12.1 Å². The van der Waals surface area contributed by atoms with Crippen molar-refractivity contribution in [2.45, 2.75) is 13.0 Å². The van der Waals surface area contributed by atoms with Gasteiger partial charge in [-0.05, 0) is 25.1 Å². The lowest BCUT2D eigenvalue weighted by atomic mass is 10.1. The Morgan fingerprint density at radius 3 is 2.61 bits per heavy atom. The minimum absolute atomic E-state index is 0.0721. The summed E-state index contributed by atoms with van der Waals surface area (Å²) in [5.74, 6) is 0.506. The van der Waals surface area contributed by atoms with E-state index in [0.717, 1.165) is 5.56 Å². The zero-order chi connectivity index (χ0) is 13.1. The van der Waals surface area contributed by atoms with Gasteiger partial charge in [0.05, 0.1) is 5.02 Å². The van der Waals surface area contributed by atoms with Gasteiger partial charge in [0.2, 0.25) is 0 Å². The monoisotopic (exact) mass is 265 g/mol. The highest BCUT2D eigenvalue weighted by molar-refractivity contribution is 6.30. The molecule has 0 spiro atoms. The lowest BCUT2D eigenvalue weighted by Gasteiger charge is -2.13. The molecule has 0 saturated carbocycles. The predicted molar refractivity (Wildman–Crippen MR) is 70.5 cm³/mol. The highest BCUT2D eigenvalue weighted by Crippen LogP contribution is 2.30. The summed E-state index contributed by atoms with van der Waals surface area (Å²) in [7, 11) is 0. The van der Waals surface area contributed by atoms with Crippen LogP contribution in [0.2, 0.25) is 5.02 Å². The molecule has 4 heteroatoms. The van der Waals surface area contributed by atoms with Gasteiger partial charge in [0.25, 0.3) is 0 Å². The number of halogens is 2. The van der Waals surface area contributed by atoms with Crippen molar-refractivity contribution >= 4 is 11.6 Å². The SMILES string of the molecule is C[C@@H](N)c1ccccc1Oc1ccc(Cl)c(F)c1. The molecule has 0 amide bonds. The van der Waals surface area contributed by atoms with Gasteiger partial charge >= 0.3 is 0 Å². The van der Waals surface area contributed by atoms with Crippen molar-refractivity contribution in [2.75, 3.05) is 0 Å². The third-order valence-electron chi connectivity index (χ3n) is 2.53. The summed E-state index contributed by atoms with van der Waals surface area (Å²) < 4.78 is 18.9. The number of hydrogen-bond donors (Lipinski definition) is 1. The van der Waals surface area contributed by atoms with E-state index in [9.17, 15) is 4.39 Å². The molecular formula is C14H13ClFNO. The topological polar surface area (TPSA) is 35.2 Å². The molecule has 0 heterocycles. The van der Waals surface area contributed by atoms with E-state index in [0.29, 0.717) is 11.5 Å². The molecule has 2 nitrogen and oxygen atoms in total. The second-order valence-electron chi connectivity index (χ2n) is 4.00. The Labute approximate surface area is 110 Å².